The molecule has 1 aliphatic heterocycles. The lowest BCUT2D eigenvalue weighted by atomic mass is 10.2. The molecule has 1 aliphatic rings. The number of hydrogen-bond acceptors (Lipinski definition) is 4. The van der Waals surface area contributed by atoms with Crippen LogP contribution in [-0.4, -0.2) is 29.7 Å². The van der Waals surface area contributed by atoms with Crippen molar-refractivity contribution in [2.45, 2.75) is 26.7 Å². The van der Waals surface area contributed by atoms with E-state index in [4.69, 9.17) is 4.74 Å². The number of rotatable bonds is 2. The van der Waals surface area contributed by atoms with Crippen molar-refractivity contribution in [2.24, 2.45) is 0 Å². The van der Waals surface area contributed by atoms with Gasteiger partial charge in [0.1, 0.15) is 12.4 Å². The van der Waals surface area contributed by atoms with E-state index in [1.807, 2.05) is 0 Å². The normalized spacial score (nSPS) is 15.1. The Hall–Kier alpha value is -1.32. The first-order valence-corrected chi connectivity index (χ1v) is 5.47. The maximum atomic E-state index is 5.52. The molecule has 0 unspecified atom stereocenters. The van der Waals surface area contributed by atoms with Crippen LogP contribution in [-0.2, 0) is 0 Å². The Morgan fingerprint density at radius 2 is 2.33 bits per heavy atom. The maximum Gasteiger partial charge on any atom is 0.180 e. The molecule has 0 fully saturated rings. The summed E-state index contributed by atoms with van der Waals surface area (Å²) in [7, 11) is 0. The molecule has 0 spiro atoms. The fourth-order valence-corrected chi connectivity index (χ4v) is 1.66. The predicted molar refractivity (Wildman–Crippen MR) is 59.5 cm³/mol. The van der Waals surface area contributed by atoms with Gasteiger partial charge in [-0.15, -0.1) is 0 Å². The summed E-state index contributed by atoms with van der Waals surface area (Å²) in [5, 5.41) is 0. The fraction of sp³-hybridized carbons (Fsp3) is 0.636. The van der Waals surface area contributed by atoms with Gasteiger partial charge in [0.15, 0.2) is 11.6 Å². The zero-order valence-electron chi connectivity index (χ0n) is 9.53. The van der Waals surface area contributed by atoms with E-state index in [0.29, 0.717) is 5.92 Å². The zero-order valence-corrected chi connectivity index (χ0v) is 9.53. The zero-order chi connectivity index (χ0) is 10.8. The minimum absolute atomic E-state index is 0.357. The summed E-state index contributed by atoms with van der Waals surface area (Å²) in [4.78, 5) is 11.1. The monoisotopic (exact) mass is 207 g/mol. The first kappa shape index (κ1) is 10.2. The summed E-state index contributed by atoms with van der Waals surface area (Å²) in [6.45, 7) is 8.93. The Bertz CT molecular complexity index is 352. The lowest BCUT2D eigenvalue weighted by molar-refractivity contribution is 0.303. The fourth-order valence-electron chi connectivity index (χ4n) is 1.66. The third kappa shape index (κ3) is 1.89. The van der Waals surface area contributed by atoms with Crippen molar-refractivity contribution in [3.63, 3.8) is 0 Å². The Morgan fingerprint density at radius 1 is 1.53 bits per heavy atom. The lowest BCUT2D eigenvalue weighted by Crippen LogP contribution is -2.33. The third-order valence-corrected chi connectivity index (χ3v) is 2.57. The molecule has 0 amide bonds. The van der Waals surface area contributed by atoms with Crippen LogP contribution < -0.4 is 9.64 Å². The van der Waals surface area contributed by atoms with Crippen LogP contribution in [0.2, 0.25) is 0 Å². The molecule has 4 heteroatoms. The molecule has 2 heterocycles. The summed E-state index contributed by atoms with van der Waals surface area (Å²) in [5.41, 5.74) is 0. The molecule has 0 saturated carbocycles. The number of nitrogens with zero attached hydrogens (tertiary/aromatic N) is 3. The Labute approximate surface area is 90.3 Å². The van der Waals surface area contributed by atoms with Crippen LogP contribution in [0.4, 0.5) is 5.82 Å². The summed E-state index contributed by atoms with van der Waals surface area (Å²) in [5.74, 6) is 3.00. The number of fused-ring (bicyclic) bond motifs is 1. The molecular weight excluding hydrogens is 190 g/mol. The highest BCUT2D eigenvalue weighted by atomic mass is 16.5. The van der Waals surface area contributed by atoms with Crippen molar-refractivity contribution in [1.29, 1.82) is 0 Å². The second kappa shape index (κ2) is 4.04. The molecule has 0 bridgehead atoms. The van der Waals surface area contributed by atoms with Crippen LogP contribution in [0.25, 0.3) is 0 Å². The van der Waals surface area contributed by atoms with E-state index in [0.717, 1.165) is 37.1 Å². The van der Waals surface area contributed by atoms with Crippen LogP contribution in [0.5, 0.6) is 5.75 Å². The van der Waals surface area contributed by atoms with Gasteiger partial charge in [-0.3, -0.25) is 0 Å². The van der Waals surface area contributed by atoms with Gasteiger partial charge < -0.3 is 9.64 Å². The van der Waals surface area contributed by atoms with Gasteiger partial charge in [-0.1, -0.05) is 13.8 Å². The van der Waals surface area contributed by atoms with E-state index in [1.54, 1.807) is 6.20 Å². The lowest BCUT2D eigenvalue weighted by Gasteiger charge is -2.29. The number of ether oxygens (including phenoxy) is 1. The van der Waals surface area contributed by atoms with Gasteiger partial charge in [-0.2, -0.15) is 0 Å². The number of likely N-dealkylation sites (N-methyl/N-ethyl adjacent to an activating group) is 1. The van der Waals surface area contributed by atoms with Crippen molar-refractivity contribution in [2.75, 3.05) is 24.6 Å². The SMILES string of the molecule is CCN1CCOc2cnc(C(C)C)nc21. The van der Waals surface area contributed by atoms with E-state index < -0.39 is 0 Å². The molecular formula is C11H17N3O. The number of anilines is 1. The summed E-state index contributed by atoms with van der Waals surface area (Å²) in [6, 6.07) is 0. The summed E-state index contributed by atoms with van der Waals surface area (Å²) < 4.78 is 5.52. The molecule has 15 heavy (non-hydrogen) atoms. The van der Waals surface area contributed by atoms with Crippen molar-refractivity contribution in [3.8, 4) is 5.75 Å². The minimum Gasteiger partial charge on any atom is -0.486 e. The first-order valence-electron chi connectivity index (χ1n) is 5.47. The minimum atomic E-state index is 0.357. The van der Waals surface area contributed by atoms with Gasteiger partial charge in [0.05, 0.1) is 12.7 Å². The Kier molecular flexibility index (Phi) is 2.75. The van der Waals surface area contributed by atoms with Crippen molar-refractivity contribution in [3.05, 3.63) is 12.0 Å². The largest absolute Gasteiger partial charge is 0.486 e. The Balaban J connectivity index is 2.39. The molecule has 1 aromatic heterocycles. The summed E-state index contributed by atoms with van der Waals surface area (Å²) >= 11 is 0. The predicted octanol–water partition coefficient (Wildman–Crippen LogP) is 1.82. The molecule has 0 aliphatic carbocycles. The quantitative estimate of drug-likeness (QED) is 0.741. The number of aromatic nitrogens is 2. The topological polar surface area (TPSA) is 38.2 Å². The van der Waals surface area contributed by atoms with Crippen LogP contribution in [0.15, 0.2) is 6.20 Å². The molecule has 1 aromatic rings. The third-order valence-electron chi connectivity index (χ3n) is 2.57. The second-order valence-electron chi connectivity index (χ2n) is 4.00. The van der Waals surface area contributed by atoms with Gasteiger partial charge in [-0.25, -0.2) is 9.97 Å². The van der Waals surface area contributed by atoms with Gasteiger partial charge >= 0.3 is 0 Å². The highest BCUT2D eigenvalue weighted by molar-refractivity contribution is 5.52. The van der Waals surface area contributed by atoms with Crippen LogP contribution in [0.1, 0.15) is 32.5 Å². The van der Waals surface area contributed by atoms with Crippen LogP contribution in [0.3, 0.4) is 0 Å². The van der Waals surface area contributed by atoms with Gasteiger partial charge in [0, 0.05) is 12.5 Å². The van der Waals surface area contributed by atoms with Gasteiger partial charge in [0.2, 0.25) is 0 Å². The van der Waals surface area contributed by atoms with Crippen LogP contribution >= 0.6 is 0 Å². The van der Waals surface area contributed by atoms with E-state index in [1.165, 1.54) is 0 Å². The van der Waals surface area contributed by atoms with E-state index in [9.17, 15) is 0 Å². The van der Waals surface area contributed by atoms with E-state index in [2.05, 4.69) is 35.6 Å². The average Bonchev–Trinajstić information content (AvgIpc) is 2.27. The average molecular weight is 207 g/mol. The van der Waals surface area contributed by atoms with Crippen molar-refractivity contribution >= 4 is 5.82 Å². The maximum absolute atomic E-state index is 5.52. The molecule has 0 N–H and O–H groups in total. The Morgan fingerprint density at radius 3 is 3.00 bits per heavy atom. The highest BCUT2D eigenvalue weighted by Crippen LogP contribution is 2.29. The highest BCUT2D eigenvalue weighted by Gasteiger charge is 2.19. The smallest absolute Gasteiger partial charge is 0.180 e. The molecule has 4 nitrogen and oxygen atoms in total. The molecule has 0 radical (unpaired) electrons. The van der Waals surface area contributed by atoms with E-state index in [-0.39, 0.29) is 0 Å². The molecule has 0 aromatic carbocycles. The molecule has 2 rings (SSSR count). The van der Waals surface area contributed by atoms with Gasteiger partial charge in [0.25, 0.3) is 0 Å². The molecule has 0 atom stereocenters. The standard InChI is InChI=1S/C11H17N3O/c1-4-14-5-6-15-9-7-12-10(8(2)3)13-11(9)14/h7-8H,4-6H2,1-3H3. The number of hydrogen-bond donors (Lipinski definition) is 0. The van der Waals surface area contributed by atoms with Crippen LogP contribution in [0, 0.1) is 0 Å². The molecule has 0 saturated heterocycles. The second-order valence-corrected chi connectivity index (χ2v) is 4.00. The van der Waals surface area contributed by atoms with Crippen molar-refractivity contribution < 1.29 is 4.74 Å². The molecule has 82 valence electrons. The van der Waals surface area contributed by atoms with Gasteiger partial charge in [-0.05, 0) is 6.92 Å². The first-order chi connectivity index (χ1) is 7.22. The summed E-state index contributed by atoms with van der Waals surface area (Å²) in [6.07, 6.45) is 1.79. The van der Waals surface area contributed by atoms with E-state index >= 15 is 0 Å². The van der Waals surface area contributed by atoms with Crippen molar-refractivity contribution in [1.82, 2.24) is 9.97 Å².